The van der Waals surface area contributed by atoms with E-state index in [0.29, 0.717) is 24.5 Å². The molecule has 0 saturated carbocycles. The zero-order valence-electron chi connectivity index (χ0n) is 11.0. The topological polar surface area (TPSA) is 73.6 Å². The van der Waals surface area contributed by atoms with Gasteiger partial charge in [-0.3, -0.25) is 4.79 Å². The standard InChI is InChI=1S/C13H20N2O3/c1-9(15-13(16)6-7-14)10-4-5-11(17-2)12(8-10)18-3/h4-5,8-9H,6-7,14H2,1-3H3,(H,15,16). The van der Waals surface area contributed by atoms with Crippen LogP contribution in [0.3, 0.4) is 0 Å². The molecule has 5 nitrogen and oxygen atoms in total. The van der Waals surface area contributed by atoms with E-state index in [1.165, 1.54) is 0 Å². The molecule has 1 aromatic rings. The van der Waals surface area contributed by atoms with Gasteiger partial charge < -0.3 is 20.5 Å². The van der Waals surface area contributed by atoms with E-state index in [1.807, 2.05) is 25.1 Å². The summed E-state index contributed by atoms with van der Waals surface area (Å²) < 4.78 is 10.4. The molecule has 0 aromatic heterocycles. The van der Waals surface area contributed by atoms with Crippen molar-refractivity contribution in [1.29, 1.82) is 0 Å². The summed E-state index contributed by atoms with van der Waals surface area (Å²) in [4.78, 5) is 11.5. The fraction of sp³-hybridized carbons (Fsp3) is 0.462. The molecule has 0 spiro atoms. The zero-order chi connectivity index (χ0) is 13.5. The van der Waals surface area contributed by atoms with E-state index in [0.717, 1.165) is 5.56 Å². The normalized spacial score (nSPS) is 11.8. The Hall–Kier alpha value is -1.75. The molecule has 0 fully saturated rings. The Morgan fingerprint density at radius 1 is 1.33 bits per heavy atom. The minimum Gasteiger partial charge on any atom is -0.493 e. The Morgan fingerprint density at radius 3 is 2.56 bits per heavy atom. The molecule has 1 unspecified atom stereocenters. The van der Waals surface area contributed by atoms with Crippen LogP contribution in [0.1, 0.15) is 24.9 Å². The van der Waals surface area contributed by atoms with E-state index >= 15 is 0 Å². The number of hydrogen-bond acceptors (Lipinski definition) is 4. The summed E-state index contributed by atoms with van der Waals surface area (Å²) in [6.07, 6.45) is 0.331. The molecule has 0 aliphatic rings. The van der Waals surface area contributed by atoms with Crippen LogP contribution in [0.15, 0.2) is 18.2 Å². The van der Waals surface area contributed by atoms with Crippen LogP contribution in [0.4, 0.5) is 0 Å². The molecule has 0 aliphatic heterocycles. The highest BCUT2D eigenvalue weighted by Crippen LogP contribution is 2.29. The molecule has 5 heteroatoms. The highest BCUT2D eigenvalue weighted by atomic mass is 16.5. The summed E-state index contributed by atoms with van der Waals surface area (Å²) in [6.45, 7) is 2.26. The second kappa shape index (κ2) is 6.86. The number of carbonyl (C=O) groups excluding carboxylic acids is 1. The number of benzene rings is 1. The first-order valence-corrected chi connectivity index (χ1v) is 5.83. The lowest BCUT2D eigenvalue weighted by Crippen LogP contribution is -2.28. The maximum atomic E-state index is 11.5. The van der Waals surface area contributed by atoms with Crippen molar-refractivity contribution in [3.8, 4) is 11.5 Å². The van der Waals surface area contributed by atoms with Gasteiger partial charge in [0, 0.05) is 13.0 Å². The summed E-state index contributed by atoms with van der Waals surface area (Å²) in [6, 6.07) is 5.48. The lowest BCUT2D eigenvalue weighted by molar-refractivity contribution is -0.121. The first-order valence-electron chi connectivity index (χ1n) is 5.83. The molecule has 1 atom stereocenters. The first-order chi connectivity index (χ1) is 8.62. The second-order valence-electron chi connectivity index (χ2n) is 3.94. The van der Waals surface area contributed by atoms with Crippen molar-refractivity contribution in [3.63, 3.8) is 0 Å². The largest absolute Gasteiger partial charge is 0.493 e. The molecule has 100 valence electrons. The molecule has 0 radical (unpaired) electrons. The highest BCUT2D eigenvalue weighted by molar-refractivity contribution is 5.76. The summed E-state index contributed by atoms with van der Waals surface area (Å²) in [5, 5.41) is 2.87. The van der Waals surface area contributed by atoms with E-state index in [9.17, 15) is 4.79 Å². The van der Waals surface area contributed by atoms with Gasteiger partial charge >= 0.3 is 0 Å². The molecule has 3 N–H and O–H groups in total. The van der Waals surface area contributed by atoms with Gasteiger partial charge in [-0.25, -0.2) is 0 Å². The SMILES string of the molecule is COc1ccc(C(C)NC(=O)CCN)cc1OC. The minimum atomic E-state index is -0.0937. The molecule has 18 heavy (non-hydrogen) atoms. The second-order valence-corrected chi connectivity index (χ2v) is 3.94. The van der Waals surface area contributed by atoms with Crippen LogP contribution in [0.2, 0.25) is 0 Å². The summed E-state index contributed by atoms with van der Waals surface area (Å²) in [5.41, 5.74) is 6.29. The van der Waals surface area contributed by atoms with E-state index < -0.39 is 0 Å². The third kappa shape index (κ3) is 3.63. The van der Waals surface area contributed by atoms with Crippen LogP contribution in [0.25, 0.3) is 0 Å². The fourth-order valence-corrected chi connectivity index (χ4v) is 1.65. The third-order valence-electron chi connectivity index (χ3n) is 2.66. The zero-order valence-corrected chi connectivity index (χ0v) is 11.0. The van der Waals surface area contributed by atoms with Crippen LogP contribution in [-0.4, -0.2) is 26.7 Å². The Bertz CT molecular complexity index is 407. The number of nitrogens with one attached hydrogen (secondary N) is 1. The Balaban J connectivity index is 2.79. The van der Waals surface area contributed by atoms with Crippen molar-refractivity contribution in [2.45, 2.75) is 19.4 Å². The van der Waals surface area contributed by atoms with Gasteiger partial charge in [-0.05, 0) is 24.6 Å². The average Bonchev–Trinajstić information content (AvgIpc) is 2.38. The monoisotopic (exact) mass is 252 g/mol. The Kier molecular flexibility index (Phi) is 5.45. The van der Waals surface area contributed by atoms with Gasteiger partial charge in [-0.1, -0.05) is 6.07 Å². The summed E-state index contributed by atoms with van der Waals surface area (Å²) >= 11 is 0. The summed E-state index contributed by atoms with van der Waals surface area (Å²) in [7, 11) is 3.17. The van der Waals surface area contributed by atoms with Gasteiger partial charge in [0.05, 0.1) is 20.3 Å². The van der Waals surface area contributed by atoms with E-state index in [1.54, 1.807) is 14.2 Å². The molecule has 0 heterocycles. The van der Waals surface area contributed by atoms with Crippen molar-refractivity contribution in [3.05, 3.63) is 23.8 Å². The van der Waals surface area contributed by atoms with Crippen molar-refractivity contribution in [2.75, 3.05) is 20.8 Å². The molecule has 1 aromatic carbocycles. The van der Waals surface area contributed by atoms with Crippen molar-refractivity contribution < 1.29 is 14.3 Å². The lowest BCUT2D eigenvalue weighted by atomic mass is 10.1. The molecular weight excluding hydrogens is 232 g/mol. The number of rotatable bonds is 6. The predicted octanol–water partition coefficient (Wildman–Crippen LogP) is 1.23. The molecule has 1 rings (SSSR count). The smallest absolute Gasteiger partial charge is 0.221 e. The number of ether oxygens (including phenoxy) is 2. The molecule has 0 saturated heterocycles. The maximum Gasteiger partial charge on any atom is 0.221 e. The number of carbonyl (C=O) groups is 1. The van der Waals surface area contributed by atoms with Crippen LogP contribution in [0.5, 0.6) is 11.5 Å². The third-order valence-corrected chi connectivity index (χ3v) is 2.66. The number of amides is 1. The van der Waals surface area contributed by atoms with Gasteiger partial charge in [0.2, 0.25) is 5.91 Å². The molecule has 0 aliphatic carbocycles. The van der Waals surface area contributed by atoms with Crippen molar-refractivity contribution in [2.24, 2.45) is 5.73 Å². The van der Waals surface area contributed by atoms with Crippen molar-refractivity contribution in [1.82, 2.24) is 5.32 Å². The van der Waals surface area contributed by atoms with Gasteiger partial charge in [0.25, 0.3) is 0 Å². The Labute approximate surface area is 107 Å². The number of hydrogen-bond donors (Lipinski definition) is 2. The molecule has 0 bridgehead atoms. The predicted molar refractivity (Wildman–Crippen MR) is 69.8 cm³/mol. The molecular formula is C13H20N2O3. The van der Waals surface area contributed by atoms with E-state index in [2.05, 4.69) is 5.32 Å². The van der Waals surface area contributed by atoms with Gasteiger partial charge in [-0.15, -0.1) is 0 Å². The minimum absolute atomic E-state index is 0.0558. The fourth-order valence-electron chi connectivity index (χ4n) is 1.65. The lowest BCUT2D eigenvalue weighted by Gasteiger charge is -2.16. The van der Waals surface area contributed by atoms with Crippen molar-refractivity contribution >= 4 is 5.91 Å². The van der Waals surface area contributed by atoms with Crippen LogP contribution in [-0.2, 0) is 4.79 Å². The quantitative estimate of drug-likeness (QED) is 0.798. The van der Waals surface area contributed by atoms with E-state index in [4.69, 9.17) is 15.2 Å². The Morgan fingerprint density at radius 2 is 2.00 bits per heavy atom. The van der Waals surface area contributed by atoms with Crippen LogP contribution < -0.4 is 20.5 Å². The maximum absolute atomic E-state index is 11.5. The summed E-state index contributed by atoms with van der Waals surface area (Å²) in [5.74, 6) is 1.26. The van der Waals surface area contributed by atoms with Crippen LogP contribution >= 0.6 is 0 Å². The highest BCUT2D eigenvalue weighted by Gasteiger charge is 2.12. The number of nitrogens with two attached hydrogens (primary N) is 1. The van der Waals surface area contributed by atoms with E-state index in [-0.39, 0.29) is 11.9 Å². The average molecular weight is 252 g/mol. The van der Waals surface area contributed by atoms with Gasteiger partial charge in [0.15, 0.2) is 11.5 Å². The molecule has 1 amide bonds. The van der Waals surface area contributed by atoms with Gasteiger partial charge in [-0.2, -0.15) is 0 Å². The van der Waals surface area contributed by atoms with Gasteiger partial charge in [0.1, 0.15) is 0 Å². The first kappa shape index (κ1) is 14.3. The van der Waals surface area contributed by atoms with Crippen LogP contribution in [0, 0.1) is 0 Å². The number of methoxy groups -OCH3 is 2.